The molecule has 12 heavy (non-hydrogen) atoms. The van der Waals surface area contributed by atoms with Gasteiger partial charge < -0.3 is 0 Å². The summed E-state index contributed by atoms with van der Waals surface area (Å²) in [6.45, 7) is 0. The van der Waals surface area contributed by atoms with Crippen LogP contribution in [-0.4, -0.2) is 29.8 Å². The number of hydrogen-bond acceptors (Lipinski definition) is 4. The molecule has 1 aliphatic rings. The lowest BCUT2D eigenvalue weighted by molar-refractivity contribution is -0.140. The lowest BCUT2D eigenvalue weighted by Crippen LogP contribution is -2.45. The molecule has 8 heteroatoms. The predicted octanol–water partition coefficient (Wildman–Crippen LogP) is -1.56. The van der Waals surface area contributed by atoms with E-state index in [-0.39, 0.29) is 17.9 Å². The molecule has 1 rings (SSSR count). The molecule has 0 aliphatic carbocycles. The van der Waals surface area contributed by atoms with Crippen molar-refractivity contribution in [3.63, 3.8) is 0 Å². The zero-order valence-electron chi connectivity index (χ0n) is 5.85. The normalized spacial score (nSPS) is 18.9. The molecule has 1 fully saturated rings. The fourth-order valence-electron chi connectivity index (χ4n) is 0.794. The SMILES string of the molecule is O=C1CCC(=O)N1NS(=O)(=O)O. The Morgan fingerprint density at radius 2 is 1.67 bits per heavy atom. The Balaban J connectivity index is 2.76. The van der Waals surface area contributed by atoms with Gasteiger partial charge in [0.25, 0.3) is 0 Å². The second-order valence-corrected chi connectivity index (χ2v) is 3.32. The molecule has 0 spiro atoms. The van der Waals surface area contributed by atoms with E-state index >= 15 is 0 Å². The third-order valence-corrected chi connectivity index (χ3v) is 1.67. The third-order valence-electron chi connectivity index (χ3n) is 1.26. The van der Waals surface area contributed by atoms with Gasteiger partial charge in [0.05, 0.1) is 0 Å². The van der Waals surface area contributed by atoms with Crippen molar-refractivity contribution < 1.29 is 22.6 Å². The summed E-state index contributed by atoms with van der Waals surface area (Å²) in [4.78, 5) is 22.8. The number of amides is 2. The van der Waals surface area contributed by atoms with E-state index in [0.29, 0.717) is 0 Å². The molecule has 0 atom stereocenters. The maximum Gasteiger partial charge on any atom is 0.351 e. The van der Waals surface area contributed by atoms with Gasteiger partial charge >= 0.3 is 10.3 Å². The fourth-order valence-corrected chi connectivity index (χ4v) is 1.23. The first-order valence-corrected chi connectivity index (χ1v) is 4.45. The highest BCUT2D eigenvalue weighted by Crippen LogP contribution is 2.08. The molecule has 0 saturated carbocycles. The average Bonchev–Trinajstić information content (AvgIpc) is 2.16. The van der Waals surface area contributed by atoms with Gasteiger partial charge in [-0.05, 0) is 0 Å². The first kappa shape index (κ1) is 9.10. The van der Waals surface area contributed by atoms with E-state index in [9.17, 15) is 18.0 Å². The molecular weight excluding hydrogens is 188 g/mol. The first-order chi connectivity index (χ1) is 5.40. The summed E-state index contributed by atoms with van der Waals surface area (Å²) in [5.41, 5.74) is 0. The molecule has 0 aromatic carbocycles. The quantitative estimate of drug-likeness (QED) is 0.408. The van der Waals surface area contributed by atoms with E-state index in [1.54, 1.807) is 0 Å². The van der Waals surface area contributed by atoms with Gasteiger partial charge in [-0.2, -0.15) is 13.4 Å². The maximum absolute atomic E-state index is 10.7. The molecule has 0 radical (unpaired) electrons. The minimum absolute atomic E-state index is 0.0403. The zero-order chi connectivity index (χ0) is 9.35. The molecule has 0 aromatic rings. The highest BCUT2D eigenvalue weighted by molar-refractivity contribution is 7.83. The number of carbonyl (C=O) groups excluding carboxylic acids is 2. The highest BCUT2D eigenvalue weighted by atomic mass is 32.2. The van der Waals surface area contributed by atoms with Gasteiger partial charge in [-0.15, -0.1) is 0 Å². The molecule has 0 unspecified atom stereocenters. The van der Waals surface area contributed by atoms with Crippen molar-refractivity contribution in [2.45, 2.75) is 12.8 Å². The van der Waals surface area contributed by atoms with Crippen LogP contribution < -0.4 is 4.83 Å². The van der Waals surface area contributed by atoms with Gasteiger partial charge in [-0.25, -0.2) is 0 Å². The summed E-state index contributed by atoms with van der Waals surface area (Å²) in [5.74, 6) is -1.34. The second-order valence-electron chi connectivity index (χ2n) is 2.19. The Hall–Kier alpha value is -0.990. The number of rotatable bonds is 2. The predicted molar refractivity (Wildman–Crippen MR) is 35.8 cm³/mol. The standard InChI is InChI=1S/C4H6N2O5S/c7-3-1-2-4(8)6(3)5-12(9,10)11/h5H,1-2H2,(H,9,10,11). The van der Waals surface area contributed by atoms with Gasteiger partial charge in [0.2, 0.25) is 11.8 Å². The Morgan fingerprint density at radius 1 is 1.25 bits per heavy atom. The molecule has 0 aromatic heterocycles. The van der Waals surface area contributed by atoms with Crippen LogP contribution in [0.4, 0.5) is 0 Å². The molecule has 7 nitrogen and oxygen atoms in total. The van der Waals surface area contributed by atoms with Crippen LogP contribution in [0.5, 0.6) is 0 Å². The minimum Gasteiger partial charge on any atom is -0.273 e. The molecule has 1 heterocycles. The second kappa shape index (κ2) is 2.81. The van der Waals surface area contributed by atoms with Crippen molar-refractivity contribution >= 4 is 22.1 Å². The molecule has 2 N–H and O–H groups in total. The number of hydrazine groups is 1. The van der Waals surface area contributed by atoms with Crippen molar-refractivity contribution in [1.29, 1.82) is 0 Å². The fraction of sp³-hybridized carbons (Fsp3) is 0.500. The van der Waals surface area contributed by atoms with Crippen LogP contribution in [0.3, 0.4) is 0 Å². The highest BCUT2D eigenvalue weighted by Gasteiger charge is 2.31. The Kier molecular flexibility index (Phi) is 2.13. The largest absolute Gasteiger partial charge is 0.351 e. The van der Waals surface area contributed by atoms with Crippen LogP contribution in [-0.2, 0) is 19.9 Å². The van der Waals surface area contributed by atoms with Crippen molar-refractivity contribution in [1.82, 2.24) is 9.84 Å². The number of nitrogens with zero attached hydrogens (tertiary/aromatic N) is 1. The number of carbonyl (C=O) groups is 2. The summed E-state index contributed by atoms with van der Waals surface area (Å²) in [6.07, 6.45) is -0.0806. The number of nitrogens with one attached hydrogen (secondary N) is 1. The van der Waals surface area contributed by atoms with E-state index in [4.69, 9.17) is 4.55 Å². The molecule has 68 valence electrons. The monoisotopic (exact) mass is 194 g/mol. The molecule has 0 bridgehead atoms. The lowest BCUT2D eigenvalue weighted by atomic mass is 10.4. The first-order valence-electron chi connectivity index (χ1n) is 3.01. The van der Waals surface area contributed by atoms with Crippen molar-refractivity contribution in [3.8, 4) is 0 Å². The van der Waals surface area contributed by atoms with Gasteiger partial charge in [0.1, 0.15) is 0 Å². The van der Waals surface area contributed by atoms with Crippen molar-refractivity contribution in [3.05, 3.63) is 0 Å². The van der Waals surface area contributed by atoms with Crippen LogP contribution >= 0.6 is 0 Å². The third kappa shape index (κ3) is 2.00. The van der Waals surface area contributed by atoms with E-state index in [2.05, 4.69) is 0 Å². The molecule has 1 aliphatic heterocycles. The average molecular weight is 194 g/mol. The molecule has 1 saturated heterocycles. The topological polar surface area (TPSA) is 104 Å². The van der Waals surface area contributed by atoms with Crippen LogP contribution in [0.2, 0.25) is 0 Å². The minimum atomic E-state index is -4.54. The van der Waals surface area contributed by atoms with Crippen LogP contribution in [0.15, 0.2) is 0 Å². The summed E-state index contributed by atoms with van der Waals surface area (Å²) >= 11 is 0. The molecular formula is C4H6N2O5S. The van der Waals surface area contributed by atoms with Crippen LogP contribution in [0, 0.1) is 0 Å². The van der Waals surface area contributed by atoms with E-state index in [1.807, 2.05) is 0 Å². The van der Waals surface area contributed by atoms with Gasteiger partial charge in [0, 0.05) is 12.8 Å². The maximum atomic E-state index is 10.7. The van der Waals surface area contributed by atoms with Gasteiger partial charge in [-0.1, -0.05) is 4.83 Å². The van der Waals surface area contributed by atoms with E-state index in [1.165, 1.54) is 4.83 Å². The van der Waals surface area contributed by atoms with Crippen molar-refractivity contribution in [2.24, 2.45) is 0 Å². The van der Waals surface area contributed by atoms with Gasteiger partial charge in [0.15, 0.2) is 0 Å². The van der Waals surface area contributed by atoms with E-state index in [0.717, 1.165) is 0 Å². The number of imide groups is 1. The summed E-state index contributed by atoms with van der Waals surface area (Å²) in [7, 11) is -4.54. The summed E-state index contributed by atoms with van der Waals surface area (Å²) in [6, 6.07) is 0. The lowest BCUT2D eigenvalue weighted by Gasteiger charge is -2.10. The molecule has 2 amide bonds. The Morgan fingerprint density at radius 3 is 2.00 bits per heavy atom. The zero-order valence-corrected chi connectivity index (χ0v) is 6.67. The smallest absolute Gasteiger partial charge is 0.273 e. The van der Waals surface area contributed by atoms with Crippen LogP contribution in [0.25, 0.3) is 0 Å². The van der Waals surface area contributed by atoms with Crippen molar-refractivity contribution in [2.75, 3.05) is 0 Å². The van der Waals surface area contributed by atoms with E-state index < -0.39 is 22.1 Å². The Labute approximate surface area is 68.2 Å². The summed E-state index contributed by atoms with van der Waals surface area (Å²) in [5, 5.41) is 0.287. The summed E-state index contributed by atoms with van der Waals surface area (Å²) < 4.78 is 28.6. The van der Waals surface area contributed by atoms with Crippen LogP contribution in [0.1, 0.15) is 12.8 Å². The number of hydrogen-bond donors (Lipinski definition) is 2. The Bertz CT molecular complexity index is 304. The van der Waals surface area contributed by atoms with Gasteiger partial charge in [-0.3, -0.25) is 14.1 Å².